The number of amides is 1. The number of carbonyl (C=O) groups is 2. The van der Waals surface area contributed by atoms with Crippen molar-refractivity contribution in [3.8, 4) is 0 Å². The van der Waals surface area contributed by atoms with Crippen LogP contribution in [0.4, 0.5) is 0 Å². The van der Waals surface area contributed by atoms with Crippen molar-refractivity contribution < 1.29 is 14.3 Å². The van der Waals surface area contributed by atoms with Crippen LogP contribution in [0, 0.1) is 0 Å². The number of carbonyl (C=O) groups excluding carboxylic acids is 2. The van der Waals surface area contributed by atoms with Gasteiger partial charge in [-0.2, -0.15) is 0 Å². The number of para-hydroxylation sites is 1. The summed E-state index contributed by atoms with van der Waals surface area (Å²) < 4.78 is 6.26. The zero-order chi connectivity index (χ0) is 13.9. The number of nitrogens with zero attached hydrogens (tertiary/aromatic N) is 2. The van der Waals surface area contributed by atoms with Crippen molar-refractivity contribution in [3.63, 3.8) is 0 Å². The van der Waals surface area contributed by atoms with Crippen molar-refractivity contribution in [3.05, 3.63) is 29.3 Å². The Morgan fingerprint density at radius 1 is 1.40 bits per heavy atom. The molecule has 2 heterocycles. The summed E-state index contributed by atoms with van der Waals surface area (Å²) in [7, 11) is 0. The molecule has 0 atom stereocenters. The predicted molar refractivity (Wildman–Crippen MR) is 75.2 cm³/mol. The Hall–Kier alpha value is -1.95. The van der Waals surface area contributed by atoms with Gasteiger partial charge in [0.15, 0.2) is 0 Å². The number of hydrogen-bond donors (Lipinski definition) is 0. The van der Waals surface area contributed by atoms with Gasteiger partial charge in [0.2, 0.25) is 5.91 Å². The lowest BCUT2D eigenvalue weighted by Gasteiger charge is -2.13. The fraction of sp³-hybridized carbons (Fsp3) is 0.357. The SMILES string of the molecule is O=C(CN1CCCC1=O)OCc1nc2ccccc2s1. The number of thiazole rings is 1. The van der Waals surface area contributed by atoms with Crippen molar-refractivity contribution in [2.45, 2.75) is 19.4 Å². The molecule has 1 fully saturated rings. The first-order chi connectivity index (χ1) is 9.72. The summed E-state index contributed by atoms with van der Waals surface area (Å²) in [4.78, 5) is 29.0. The molecule has 1 aromatic carbocycles. The number of fused-ring (bicyclic) bond motifs is 1. The van der Waals surface area contributed by atoms with Crippen LogP contribution >= 0.6 is 11.3 Å². The van der Waals surface area contributed by atoms with Crippen LogP contribution in [0.2, 0.25) is 0 Å². The summed E-state index contributed by atoms with van der Waals surface area (Å²) in [6, 6.07) is 7.80. The van der Waals surface area contributed by atoms with E-state index in [0.717, 1.165) is 21.6 Å². The Balaban J connectivity index is 1.56. The van der Waals surface area contributed by atoms with Crippen molar-refractivity contribution in [1.29, 1.82) is 0 Å². The third-order valence-corrected chi connectivity index (χ3v) is 4.20. The summed E-state index contributed by atoms with van der Waals surface area (Å²) in [5.41, 5.74) is 0.915. The molecule has 1 saturated heterocycles. The molecule has 0 saturated carbocycles. The molecule has 5 nitrogen and oxygen atoms in total. The number of ether oxygens (including phenoxy) is 1. The molecule has 0 spiro atoms. The minimum absolute atomic E-state index is 0.0296. The molecular formula is C14H14N2O3S. The van der Waals surface area contributed by atoms with Gasteiger partial charge in [0.1, 0.15) is 18.2 Å². The number of esters is 1. The summed E-state index contributed by atoms with van der Waals surface area (Å²) >= 11 is 1.51. The monoisotopic (exact) mass is 290 g/mol. The van der Waals surface area contributed by atoms with Gasteiger partial charge in [-0.15, -0.1) is 11.3 Å². The van der Waals surface area contributed by atoms with Crippen LogP contribution in [-0.4, -0.2) is 34.8 Å². The van der Waals surface area contributed by atoms with Crippen LogP contribution in [0.3, 0.4) is 0 Å². The fourth-order valence-electron chi connectivity index (χ4n) is 2.20. The quantitative estimate of drug-likeness (QED) is 0.808. The van der Waals surface area contributed by atoms with E-state index in [-0.39, 0.29) is 25.0 Å². The van der Waals surface area contributed by atoms with Crippen molar-refractivity contribution >= 4 is 33.4 Å². The number of likely N-dealkylation sites (tertiary alicyclic amines) is 1. The van der Waals surface area contributed by atoms with E-state index in [4.69, 9.17) is 4.74 Å². The second kappa shape index (κ2) is 5.58. The number of rotatable bonds is 4. The molecule has 0 bridgehead atoms. The third-order valence-electron chi connectivity index (χ3n) is 3.19. The van der Waals surface area contributed by atoms with Crippen LogP contribution in [0.25, 0.3) is 10.2 Å². The van der Waals surface area contributed by atoms with Crippen LogP contribution in [0.5, 0.6) is 0 Å². The predicted octanol–water partition coefficient (Wildman–Crippen LogP) is 1.96. The van der Waals surface area contributed by atoms with Gasteiger partial charge in [0, 0.05) is 13.0 Å². The van der Waals surface area contributed by atoms with E-state index < -0.39 is 0 Å². The summed E-state index contributed by atoms with van der Waals surface area (Å²) in [6.07, 6.45) is 1.36. The maximum atomic E-state index is 11.7. The Morgan fingerprint density at radius 2 is 2.25 bits per heavy atom. The van der Waals surface area contributed by atoms with Gasteiger partial charge in [-0.05, 0) is 18.6 Å². The second-order valence-corrected chi connectivity index (χ2v) is 5.77. The molecule has 1 aliphatic rings. The smallest absolute Gasteiger partial charge is 0.326 e. The number of aromatic nitrogens is 1. The molecule has 0 N–H and O–H groups in total. The first kappa shape index (κ1) is 13.1. The third kappa shape index (κ3) is 2.80. The molecule has 20 heavy (non-hydrogen) atoms. The molecule has 3 rings (SSSR count). The lowest BCUT2D eigenvalue weighted by atomic mass is 10.3. The molecular weight excluding hydrogens is 276 g/mol. The lowest BCUT2D eigenvalue weighted by molar-refractivity contribution is -0.149. The molecule has 0 unspecified atom stereocenters. The Morgan fingerprint density at radius 3 is 3.00 bits per heavy atom. The van der Waals surface area contributed by atoms with Crippen LogP contribution < -0.4 is 0 Å². The highest BCUT2D eigenvalue weighted by molar-refractivity contribution is 7.18. The van der Waals surface area contributed by atoms with Gasteiger partial charge >= 0.3 is 5.97 Å². The normalized spacial score (nSPS) is 15.0. The van der Waals surface area contributed by atoms with Crippen molar-refractivity contribution in [2.24, 2.45) is 0 Å². The van der Waals surface area contributed by atoms with Gasteiger partial charge in [-0.25, -0.2) is 4.98 Å². The van der Waals surface area contributed by atoms with Gasteiger partial charge < -0.3 is 9.64 Å². The second-order valence-electron chi connectivity index (χ2n) is 4.65. The molecule has 1 aromatic heterocycles. The Labute approximate surface area is 120 Å². The van der Waals surface area contributed by atoms with Gasteiger partial charge in [0.05, 0.1) is 10.2 Å². The van der Waals surface area contributed by atoms with E-state index >= 15 is 0 Å². The van der Waals surface area contributed by atoms with Crippen LogP contribution in [0.15, 0.2) is 24.3 Å². The molecule has 6 heteroatoms. The van der Waals surface area contributed by atoms with Crippen LogP contribution in [-0.2, 0) is 20.9 Å². The molecule has 104 valence electrons. The molecule has 1 amide bonds. The standard InChI is InChI=1S/C14H14N2O3S/c17-13-6-3-7-16(13)8-14(18)19-9-12-15-10-4-1-2-5-11(10)20-12/h1-2,4-5H,3,6-9H2. The van der Waals surface area contributed by atoms with E-state index in [1.165, 1.54) is 11.3 Å². The van der Waals surface area contributed by atoms with Gasteiger partial charge in [-0.3, -0.25) is 9.59 Å². The summed E-state index contributed by atoms with van der Waals surface area (Å²) in [5, 5.41) is 0.771. The average molecular weight is 290 g/mol. The van der Waals surface area contributed by atoms with Gasteiger partial charge in [-0.1, -0.05) is 12.1 Å². The molecule has 0 aliphatic carbocycles. The number of benzene rings is 1. The highest BCUT2D eigenvalue weighted by Crippen LogP contribution is 2.22. The topological polar surface area (TPSA) is 59.5 Å². The number of hydrogen-bond acceptors (Lipinski definition) is 5. The fourth-order valence-corrected chi connectivity index (χ4v) is 3.08. The molecule has 2 aromatic rings. The molecule has 1 aliphatic heterocycles. The zero-order valence-corrected chi connectivity index (χ0v) is 11.7. The minimum Gasteiger partial charge on any atom is -0.457 e. The van der Waals surface area contributed by atoms with E-state index in [1.54, 1.807) is 4.90 Å². The lowest BCUT2D eigenvalue weighted by Crippen LogP contribution is -2.31. The van der Waals surface area contributed by atoms with Crippen molar-refractivity contribution in [2.75, 3.05) is 13.1 Å². The first-order valence-electron chi connectivity index (χ1n) is 6.50. The maximum Gasteiger partial charge on any atom is 0.326 e. The van der Waals surface area contributed by atoms with E-state index in [1.807, 2.05) is 24.3 Å². The highest BCUT2D eigenvalue weighted by atomic mass is 32.1. The average Bonchev–Trinajstić information content (AvgIpc) is 3.03. The molecule has 0 radical (unpaired) electrons. The summed E-state index contributed by atoms with van der Waals surface area (Å²) in [6.45, 7) is 0.860. The van der Waals surface area contributed by atoms with Gasteiger partial charge in [0.25, 0.3) is 0 Å². The zero-order valence-electron chi connectivity index (χ0n) is 10.9. The first-order valence-corrected chi connectivity index (χ1v) is 7.32. The van der Waals surface area contributed by atoms with Crippen LogP contribution in [0.1, 0.15) is 17.8 Å². The maximum absolute atomic E-state index is 11.7. The van der Waals surface area contributed by atoms with E-state index in [2.05, 4.69) is 4.98 Å². The highest BCUT2D eigenvalue weighted by Gasteiger charge is 2.23. The van der Waals surface area contributed by atoms with E-state index in [0.29, 0.717) is 13.0 Å². The van der Waals surface area contributed by atoms with E-state index in [9.17, 15) is 9.59 Å². The minimum atomic E-state index is -0.375. The Kier molecular flexibility index (Phi) is 3.64. The summed E-state index contributed by atoms with van der Waals surface area (Å²) in [5.74, 6) is -0.346. The van der Waals surface area contributed by atoms with Crippen molar-refractivity contribution in [1.82, 2.24) is 9.88 Å². The Bertz CT molecular complexity index is 620. The largest absolute Gasteiger partial charge is 0.457 e.